The summed E-state index contributed by atoms with van der Waals surface area (Å²) in [5, 5.41) is 4.75. The molecule has 2 heteroatoms. The second-order valence-electron chi connectivity index (χ2n) is 5.08. The highest BCUT2D eigenvalue weighted by Crippen LogP contribution is 2.45. The van der Waals surface area contributed by atoms with Crippen LogP contribution in [0.25, 0.3) is 0 Å². The molecule has 2 saturated carbocycles. The van der Waals surface area contributed by atoms with Gasteiger partial charge >= 0.3 is 0 Å². The van der Waals surface area contributed by atoms with Gasteiger partial charge in [0.1, 0.15) is 0 Å². The standard InChI is InChI=1S/C12H18N2/c1-8(2)14-12(10-5-6-10)7-11(13-14)9-3-4-9/h7-10H,3-6H2,1-2H3. The van der Waals surface area contributed by atoms with Crippen molar-refractivity contribution >= 4 is 0 Å². The largest absolute Gasteiger partial charge is 0.267 e. The van der Waals surface area contributed by atoms with Crippen LogP contribution in [-0.4, -0.2) is 9.78 Å². The van der Waals surface area contributed by atoms with Crippen molar-refractivity contribution in [2.45, 2.75) is 57.4 Å². The molecular weight excluding hydrogens is 172 g/mol. The first-order valence-corrected chi connectivity index (χ1v) is 5.85. The van der Waals surface area contributed by atoms with Crippen LogP contribution in [0.5, 0.6) is 0 Å². The van der Waals surface area contributed by atoms with E-state index in [1.807, 2.05) is 0 Å². The molecule has 0 saturated heterocycles. The van der Waals surface area contributed by atoms with Crippen molar-refractivity contribution in [2.24, 2.45) is 0 Å². The third kappa shape index (κ3) is 1.37. The molecular formula is C12H18N2. The van der Waals surface area contributed by atoms with Crippen LogP contribution >= 0.6 is 0 Å². The van der Waals surface area contributed by atoms with Crippen molar-refractivity contribution in [3.05, 3.63) is 17.5 Å². The minimum absolute atomic E-state index is 0.526. The molecule has 2 fully saturated rings. The molecule has 3 rings (SSSR count). The molecule has 0 amide bonds. The van der Waals surface area contributed by atoms with E-state index in [4.69, 9.17) is 5.10 Å². The predicted molar refractivity (Wildman–Crippen MR) is 56.6 cm³/mol. The topological polar surface area (TPSA) is 17.8 Å². The van der Waals surface area contributed by atoms with Crippen molar-refractivity contribution < 1.29 is 0 Å². The zero-order valence-electron chi connectivity index (χ0n) is 9.03. The molecule has 1 aromatic heterocycles. The van der Waals surface area contributed by atoms with E-state index >= 15 is 0 Å². The first kappa shape index (κ1) is 8.51. The molecule has 0 atom stereocenters. The molecule has 0 N–H and O–H groups in total. The van der Waals surface area contributed by atoms with Crippen molar-refractivity contribution in [3.63, 3.8) is 0 Å². The summed E-state index contributed by atoms with van der Waals surface area (Å²) in [5.74, 6) is 1.63. The lowest BCUT2D eigenvalue weighted by molar-refractivity contribution is 0.505. The van der Waals surface area contributed by atoms with Crippen LogP contribution in [0.1, 0.15) is 68.8 Å². The first-order valence-electron chi connectivity index (χ1n) is 5.85. The molecule has 1 aromatic rings. The lowest BCUT2D eigenvalue weighted by Crippen LogP contribution is -2.06. The molecule has 14 heavy (non-hydrogen) atoms. The molecule has 0 bridgehead atoms. The van der Waals surface area contributed by atoms with Crippen molar-refractivity contribution in [2.75, 3.05) is 0 Å². The van der Waals surface area contributed by atoms with E-state index in [0.29, 0.717) is 6.04 Å². The summed E-state index contributed by atoms with van der Waals surface area (Å²) in [6.07, 6.45) is 5.48. The molecule has 2 aliphatic carbocycles. The molecule has 0 spiro atoms. The number of rotatable bonds is 3. The second kappa shape index (κ2) is 2.85. The summed E-state index contributed by atoms with van der Waals surface area (Å²) in [6, 6.07) is 2.90. The lowest BCUT2D eigenvalue weighted by Gasteiger charge is -2.09. The van der Waals surface area contributed by atoms with E-state index in [9.17, 15) is 0 Å². The van der Waals surface area contributed by atoms with Gasteiger partial charge in [0.15, 0.2) is 0 Å². The quantitative estimate of drug-likeness (QED) is 0.715. The molecule has 76 valence electrons. The maximum Gasteiger partial charge on any atom is 0.0658 e. The average molecular weight is 190 g/mol. The van der Waals surface area contributed by atoms with Gasteiger partial charge in [-0.05, 0) is 45.6 Å². The first-order chi connectivity index (χ1) is 6.75. The number of nitrogens with zero attached hydrogens (tertiary/aromatic N) is 2. The van der Waals surface area contributed by atoms with E-state index in [1.54, 1.807) is 0 Å². The Labute approximate surface area is 85.3 Å². The van der Waals surface area contributed by atoms with Crippen molar-refractivity contribution in [1.82, 2.24) is 9.78 Å². The molecule has 1 heterocycles. The molecule has 0 aromatic carbocycles. The Morgan fingerprint density at radius 1 is 1.21 bits per heavy atom. The van der Waals surface area contributed by atoms with Crippen LogP contribution in [0.2, 0.25) is 0 Å². The Morgan fingerprint density at radius 3 is 2.36 bits per heavy atom. The van der Waals surface area contributed by atoms with E-state index in [2.05, 4.69) is 24.6 Å². The minimum atomic E-state index is 0.526. The van der Waals surface area contributed by atoms with Crippen molar-refractivity contribution in [3.8, 4) is 0 Å². The molecule has 0 radical (unpaired) electrons. The van der Waals surface area contributed by atoms with Gasteiger partial charge in [0.05, 0.1) is 5.69 Å². The fourth-order valence-corrected chi connectivity index (χ4v) is 2.10. The van der Waals surface area contributed by atoms with Crippen LogP contribution < -0.4 is 0 Å². The smallest absolute Gasteiger partial charge is 0.0658 e. The predicted octanol–water partition coefficient (Wildman–Crippen LogP) is 3.22. The van der Waals surface area contributed by atoms with Gasteiger partial charge in [0, 0.05) is 23.6 Å². The number of hydrogen-bond acceptors (Lipinski definition) is 1. The van der Waals surface area contributed by atoms with E-state index < -0.39 is 0 Å². The van der Waals surface area contributed by atoms with Gasteiger partial charge in [0.2, 0.25) is 0 Å². The molecule has 2 aliphatic rings. The zero-order valence-corrected chi connectivity index (χ0v) is 9.03. The Morgan fingerprint density at radius 2 is 1.86 bits per heavy atom. The highest BCUT2D eigenvalue weighted by molar-refractivity contribution is 5.24. The molecule has 0 aliphatic heterocycles. The highest BCUT2D eigenvalue weighted by atomic mass is 15.3. The van der Waals surface area contributed by atoms with Crippen LogP contribution in [0, 0.1) is 0 Å². The van der Waals surface area contributed by atoms with Crippen LogP contribution in [0.15, 0.2) is 6.07 Å². The third-order valence-corrected chi connectivity index (χ3v) is 3.26. The van der Waals surface area contributed by atoms with Crippen LogP contribution in [0.4, 0.5) is 0 Å². The van der Waals surface area contributed by atoms with Gasteiger partial charge in [-0.25, -0.2) is 0 Å². The van der Waals surface area contributed by atoms with Gasteiger partial charge in [0.25, 0.3) is 0 Å². The Bertz CT molecular complexity index is 324. The van der Waals surface area contributed by atoms with Gasteiger partial charge < -0.3 is 0 Å². The van der Waals surface area contributed by atoms with Crippen molar-refractivity contribution in [1.29, 1.82) is 0 Å². The summed E-state index contributed by atoms with van der Waals surface area (Å²) in [5.41, 5.74) is 2.86. The summed E-state index contributed by atoms with van der Waals surface area (Å²) in [4.78, 5) is 0. The van der Waals surface area contributed by atoms with E-state index in [-0.39, 0.29) is 0 Å². The lowest BCUT2D eigenvalue weighted by atomic mass is 10.2. The Balaban J connectivity index is 1.97. The maximum absolute atomic E-state index is 4.75. The van der Waals surface area contributed by atoms with Crippen LogP contribution in [0.3, 0.4) is 0 Å². The SMILES string of the molecule is CC(C)n1nc(C2CC2)cc1C1CC1. The second-order valence-corrected chi connectivity index (χ2v) is 5.08. The van der Waals surface area contributed by atoms with Gasteiger partial charge in [-0.1, -0.05) is 0 Å². The fourth-order valence-electron chi connectivity index (χ4n) is 2.10. The minimum Gasteiger partial charge on any atom is -0.267 e. The van der Waals surface area contributed by atoms with Gasteiger partial charge in [-0.3, -0.25) is 4.68 Å². The maximum atomic E-state index is 4.75. The Hall–Kier alpha value is -0.790. The van der Waals surface area contributed by atoms with Gasteiger partial charge in [-0.15, -0.1) is 0 Å². The summed E-state index contributed by atoms with van der Waals surface area (Å²) in [6.45, 7) is 4.46. The Kier molecular flexibility index (Phi) is 1.73. The fraction of sp³-hybridized carbons (Fsp3) is 0.750. The number of hydrogen-bond donors (Lipinski definition) is 0. The highest BCUT2D eigenvalue weighted by Gasteiger charge is 2.32. The van der Waals surface area contributed by atoms with E-state index in [0.717, 1.165) is 11.8 Å². The monoisotopic (exact) mass is 190 g/mol. The van der Waals surface area contributed by atoms with Gasteiger partial charge in [-0.2, -0.15) is 5.10 Å². The zero-order chi connectivity index (χ0) is 9.71. The molecule has 0 unspecified atom stereocenters. The molecule has 2 nitrogen and oxygen atoms in total. The summed E-state index contributed by atoms with van der Waals surface area (Å²) >= 11 is 0. The normalized spacial score (nSPS) is 21.9. The third-order valence-electron chi connectivity index (χ3n) is 3.26. The summed E-state index contributed by atoms with van der Waals surface area (Å²) < 4.78 is 2.26. The average Bonchev–Trinajstić information content (AvgIpc) is 3.03. The van der Waals surface area contributed by atoms with E-state index in [1.165, 1.54) is 37.1 Å². The summed E-state index contributed by atoms with van der Waals surface area (Å²) in [7, 11) is 0. The van der Waals surface area contributed by atoms with Crippen LogP contribution in [-0.2, 0) is 0 Å². The number of aromatic nitrogens is 2.